The molecule has 0 radical (unpaired) electrons. The van der Waals surface area contributed by atoms with E-state index in [1.807, 2.05) is 0 Å². The van der Waals surface area contributed by atoms with Gasteiger partial charge in [0.05, 0.1) is 16.8 Å². The number of benzene rings is 2. The zero-order valence-electron chi connectivity index (χ0n) is 16.1. The maximum Gasteiger partial charge on any atom is 0.265 e. The summed E-state index contributed by atoms with van der Waals surface area (Å²) in [5.74, 6) is -1.84. The first-order chi connectivity index (χ1) is 13.9. The topological polar surface area (TPSA) is 75.3 Å². The van der Waals surface area contributed by atoms with Crippen LogP contribution in [0.25, 0.3) is 11.1 Å². The van der Waals surface area contributed by atoms with Crippen molar-refractivity contribution in [1.82, 2.24) is 0 Å². The summed E-state index contributed by atoms with van der Waals surface area (Å²) in [4.78, 5) is 13.7. The molecule has 0 saturated carbocycles. The lowest BCUT2D eigenvalue weighted by molar-refractivity contribution is 0.103. The molecule has 0 bridgehead atoms. The van der Waals surface area contributed by atoms with Crippen molar-refractivity contribution in [3.05, 3.63) is 68.4 Å². The number of halogens is 3. The van der Waals surface area contributed by atoms with Gasteiger partial charge in [-0.2, -0.15) is 0 Å². The fraction of sp³-hybridized carbons (Fsp3) is 0.150. The number of aryl methyl sites for hydroxylation is 2. The van der Waals surface area contributed by atoms with Gasteiger partial charge in [0.1, 0.15) is 11.6 Å². The number of carbonyl (C=O) groups is 1. The number of hydrogen-bond acceptors (Lipinski definition) is 4. The van der Waals surface area contributed by atoms with Gasteiger partial charge in [0.2, 0.25) is 10.0 Å². The SMILES string of the molecule is Cc1cc(F)cc(F)c1-c1cc(C(=O)Nc2cc(Cl)cc(NS(C)(=O)=O)c2)sc1C. The molecule has 2 N–H and O–H groups in total. The lowest BCUT2D eigenvalue weighted by atomic mass is 10.00. The maximum absolute atomic E-state index is 14.4. The largest absolute Gasteiger partial charge is 0.321 e. The van der Waals surface area contributed by atoms with Gasteiger partial charge in [0.15, 0.2) is 0 Å². The quantitative estimate of drug-likeness (QED) is 0.510. The Morgan fingerprint density at radius 3 is 2.33 bits per heavy atom. The molecule has 0 unspecified atom stereocenters. The number of nitrogens with one attached hydrogen (secondary N) is 2. The van der Waals surface area contributed by atoms with Gasteiger partial charge in [-0.15, -0.1) is 11.3 Å². The van der Waals surface area contributed by atoms with E-state index in [1.165, 1.54) is 24.3 Å². The normalized spacial score (nSPS) is 11.4. The first-order valence-corrected chi connectivity index (χ1v) is 11.7. The standard InChI is InChI=1S/C20H17ClF2N2O3S2/c1-10-4-13(22)7-17(23)19(10)16-9-18(29-11(16)2)20(26)24-14-5-12(21)6-15(8-14)25-30(3,27)28/h4-9,25H,1-3H3,(H,24,26). The first kappa shape index (κ1) is 22.2. The molecule has 10 heteroatoms. The molecule has 5 nitrogen and oxygen atoms in total. The summed E-state index contributed by atoms with van der Waals surface area (Å²) in [6.45, 7) is 3.34. The second kappa shape index (κ2) is 8.33. The van der Waals surface area contributed by atoms with E-state index in [-0.39, 0.29) is 22.0 Å². The predicted molar refractivity (Wildman–Crippen MR) is 117 cm³/mol. The van der Waals surface area contributed by atoms with Gasteiger partial charge in [0, 0.05) is 27.2 Å². The molecule has 1 aromatic heterocycles. The Balaban J connectivity index is 1.91. The lowest BCUT2D eigenvalue weighted by Gasteiger charge is -2.09. The third-order valence-electron chi connectivity index (χ3n) is 4.12. The highest BCUT2D eigenvalue weighted by atomic mass is 35.5. The van der Waals surface area contributed by atoms with Crippen molar-refractivity contribution in [2.24, 2.45) is 0 Å². The number of sulfonamides is 1. The molecule has 0 aliphatic heterocycles. The van der Waals surface area contributed by atoms with Crippen LogP contribution >= 0.6 is 22.9 Å². The highest BCUT2D eigenvalue weighted by Gasteiger charge is 2.19. The van der Waals surface area contributed by atoms with Gasteiger partial charge in [-0.25, -0.2) is 17.2 Å². The van der Waals surface area contributed by atoms with Gasteiger partial charge < -0.3 is 5.32 Å². The fourth-order valence-corrected chi connectivity index (χ4v) is 4.72. The van der Waals surface area contributed by atoms with Crippen LogP contribution in [0.2, 0.25) is 5.02 Å². The van der Waals surface area contributed by atoms with Crippen molar-refractivity contribution in [3.63, 3.8) is 0 Å². The molecular weight excluding hydrogens is 454 g/mol. The Bertz CT molecular complexity index is 1230. The Morgan fingerprint density at radius 2 is 1.70 bits per heavy atom. The van der Waals surface area contributed by atoms with Gasteiger partial charge >= 0.3 is 0 Å². The average molecular weight is 471 g/mol. The van der Waals surface area contributed by atoms with E-state index in [9.17, 15) is 22.0 Å². The van der Waals surface area contributed by atoms with Crippen LogP contribution in [0, 0.1) is 25.5 Å². The zero-order valence-corrected chi connectivity index (χ0v) is 18.5. The summed E-state index contributed by atoms with van der Waals surface area (Å²) in [6.07, 6.45) is 0.999. The molecule has 1 heterocycles. The molecule has 30 heavy (non-hydrogen) atoms. The smallest absolute Gasteiger partial charge is 0.265 e. The highest BCUT2D eigenvalue weighted by molar-refractivity contribution is 7.92. The molecule has 0 aliphatic carbocycles. The summed E-state index contributed by atoms with van der Waals surface area (Å²) in [7, 11) is -3.52. The number of hydrogen-bond donors (Lipinski definition) is 2. The molecule has 3 aromatic rings. The fourth-order valence-electron chi connectivity index (χ4n) is 3.01. The van der Waals surface area contributed by atoms with Crippen molar-refractivity contribution in [2.75, 3.05) is 16.3 Å². The Labute approximate surface area is 181 Å². The van der Waals surface area contributed by atoms with Crippen LogP contribution in [0.1, 0.15) is 20.1 Å². The van der Waals surface area contributed by atoms with E-state index in [4.69, 9.17) is 11.6 Å². The third kappa shape index (κ3) is 5.16. The number of rotatable bonds is 5. The molecule has 0 atom stereocenters. The Hall–Kier alpha value is -2.49. The Kier molecular flexibility index (Phi) is 6.16. The van der Waals surface area contributed by atoms with Crippen LogP contribution in [-0.2, 0) is 10.0 Å². The van der Waals surface area contributed by atoms with Crippen molar-refractivity contribution >= 4 is 50.2 Å². The van der Waals surface area contributed by atoms with E-state index in [1.54, 1.807) is 19.9 Å². The van der Waals surface area contributed by atoms with Crippen LogP contribution in [0.5, 0.6) is 0 Å². The molecule has 0 spiro atoms. The highest BCUT2D eigenvalue weighted by Crippen LogP contribution is 2.35. The molecule has 3 rings (SSSR count). The second-order valence-corrected chi connectivity index (χ2v) is 10.2. The van der Waals surface area contributed by atoms with Gasteiger partial charge in [0.25, 0.3) is 5.91 Å². The summed E-state index contributed by atoms with van der Waals surface area (Å²) >= 11 is 7.17. The minimum Gasteiger partial charge on any atom is -0.321 e. The lowest BCUT2D eigenvalue weighted by Crippen LogP contribution is -2.12. The van der Waals surface area contributed by atoms with Crippen LogP contribution in [0.15, 0.2) is 36.4 Å². The van der Waals surface area contributed by atoms with Crippen molar-refractivity contribution in [3.8, 4) is 11.1 Å². The van der Waals surface area contributed by atoms with Crippen molar-refractivity contribution in [2.45, 2.75) is 13.8 Å². The maximum atomic E-state index is 14.4. The van der Waals surface area contributed by atoms with Crippen LogP contribution in [0.4, 0.5) is 20.2 Å². The van der Waals surface area contributed by atoms with E-state index < -0.39 is 27.6 Å². The minimum atomic E-state index is -3.52. The average Bonchev–Trinajstić information content (AvgIpc) is 2.93. The van der Waals surface area contributed by atoms with Crippen LogP contribution in [0.3, 0.4) is 0 Å². The van der Waals surface area contributed by atoms with Gasteiger partial charge in [-0.3, -0.25) is 9.52 Å². The van der Waals surface area contributed by atoms with E-state index in [2.05, 4.69) is 10.0 Å². The Morgan fingerprint density at radius 1 is 1.03 bits per heavy atom. The summed E-state index contributed by atoms with van der Waals surface area (Å²) in [5, 5.41) is 2.88. The zero-order chi connectivity index (χ0) is 22.2. The summed E-state index contributed by atoms with van der Waals surface area (Å²) in [6, 6.07) is 7.89. The van der Waals surface area contributed by atoms with Crippen molar-refractivity contribution in [1.29, 1.82) is 0 Å². The summed E-state index contributed by atoms with van der Waals surface area (Å²) in [5.41, 5.74) is 1.66. The van der Waals surface area contributed by atoms with Gasteiger partial charge in [-0.05, 0) is 55.3 Å². The van der Waals surface area contributed by atoms with E-state index in [0.717, 1.165) is 23.7 Å². The first-order valence-electron chi connectivity index (χ1n) is 8.59. The minimum absolute atomic E-state index is 0.201. The second-order valence-electron chi connectivity index (χ2n) is 6.72. The van der Waals surface area contributed by atoms with E-state index >= 15 is 0 Å². The molecule has 158 valence electrons. The van der Waals surface area contributed by atoms with Gasteiger partial charge in [-0.1, -0.05) is 11.6 Å². The number of amides is 1. The van der Waals surface area contributed by atoms with E-state index in [0.29, 0.717) is 20.9 Å². The van der Waals surface area contributed by atoms with Crippen LogP contribution in [-0.4, -0.2) is 20.6 Å². The molecule has 0 aliphatic rings. The monoisotopic (exact) mass is 470 g/mol. The predicted octanol–water partition coefficient (Wildman–Crippen LogP) is 5.59. The molecule has 0 saturated heterocycles. The molecule has 0 fully saturated rings. The number of carbonyl (C=O) groups excluding carboxylic acids is 1. The molecule has 1 amide bonds. The van der Waals surface area contributed by atoms with Crippen LogP contribution < -0.4 is 10.0 Å². The number of thiophene rings is 1. The summed E-state index contributed by atoms with van der Waals surface area (Å²) < 4.78 is 52.9. The number of anilines is 2. The third-order valence-corrected chi connectivity index (χ3v) is 6.00. The van der Waals surface area contributed by atoms with Crippen molar-refractivity contribution < 1.29 is 22.0 Å². The molecular formula is C20H17ClF2N2O3S2. The molecule has 2 aromatic carbocycles.